The van der Waals surface area contributed by atoms with Crippen LogP contribution in [0.3, 0.4) is 0 Å². The first-order valence-electron chi connectivity index (χ1n) is 3.69. The number of rotatable bonds is 5. The summed E-state index contributed by atoms with van der Waals surface area (Å²) in [5.74, 6) is 0. The van der Waals surface area contributed by atoms with Crippen molar-refractivity contribution in [2.45, 2.75) is 32.3 Å². The van der Waals surface area contributed by atoms with Crippen molar-refractivity contribution in [2.24, 2.45) is 0 Å². The first kappa shape index (κ1) is 9.44. The van der Waals surface area contributed by atoms with E-state index in [4.69, 9.17) is 0 Å². The molecule has 1 atom stereocenters. The van der Waals surface area contributed by atoms with Crippen LogP contribution in [0.25, 0.3) is 0 Å². The Morgan fingerprint density at radius 1 is 1.70 bits per heavy atom. The smallest absolute Gasteiger partial charge is 0.0580 e. The molecule has 0 bridgehead atoms. The normalized spacial score (nSPS) is 12.6. The van der Waals surface area contributed by atoms with E-state index in [2.05, 4.69) is 20.1 Å². The molecule has 0 aliphatic rings. The van der Waals surface area contributed by atoms with Gasteiger partial charge in [0.05, 0.1) is 6.10 Å². The van der Waals surface area contributed by atoms with Gasteiger partial charge in [-0.3, -0.25) is 0 Å². The highest BCUT2D eigenvalue weighted by Crippen LogP contribution is 2.08. The third kappa shape index (κ3) is 4.33. The molecule has 0 aromatic rings. The number of hydrogen-bond donors (Lipinski definition) is 1. The average Bonchev–Trinajstić information content (AvgIpc) is 1.88. The Kier molecular flexibility index (Phi) is 4.95. The molecule has 0 rings (SSSR count). The molecule has 0 saturated heterocycles. The van der Waals surface area contributed by atoms with Crippen molar-refractivity contribution in [1.29, 1.82) is 0 Å². The van der Waals surface area contributed by atoms with Gasteiger partial charge in [-0.05, 0) is 12.8 Å². The Balaban J connectivity index is 3.46. The lowest BCUT2D eigenvalue weighted by Gasteiger charge is -2.07. The zero-order chi connectivity index (χ0) is 7.98. The van der Waals surface area contributed by atoms with E-state index in [1.807, 2.05) is 0 Å². The van der Waals surface area contributed by atoms with E-state index in [0.717, 1.165) is 18.4 Å². The van der Waals surface area contributed by atoms with Crippen LogP contribution in [-0.4, -0.2) is 11.2 Å². The number of hydrogen-bond acceptors (Lipinski definition) is 1. The number of aliphatic hydroxyl groups excluding tert-OH is 1. The van der Waals surface area contributed by atoms with Crippen LogP contribution in [0.2, 0.25) is 0 Å². The van der Waals surface area contributed by atoms with Crippen LogP contribution in [0.15, 0.2) is 24.8 Å². The summed E-state index contributed by atoms with van der Waals surface area (Å²) in [5, 5.41) is 9.24. The van der Waals surface area contributed by atoms with Gasteiger partial charge < -0.3 is 5.11 Å². The highest BCUT2D eigenvalue weighted by atomic mass is 16.3. The van der Waals surface area contributed by atoms with Crippen LogP contribution in [0, 0.1) is 0 Å². The summed E-state index contributed by atoms with van der Waals surface area (Å²) in [6.45, 7) is 9.34. The Morgan fingerprint density at radius 3 is 2.70 bits per heavy atom. The second-order valence-electron chi connectivity index (χ2n) is 2.51. The lowest BCUT2D eigenvalue weighted by Crippen LogP contribution is -2.05. The van der Waals surface area contributed by atoms with Gasteiger partial charge in [0.2, 0.25) is 0 Å². The SMILES string of the molecule is C=CC(=C)CC(O)CCC. The third-order valence-electron chi connectivity index (χ3n) is 1.41. The van der Waals surface area contributed by atoms with Crippen molar-refractivity contribution in [2.75, 3.05) is 0 Å². The van der Waals surface area contributed by atoms with Gasteiger partial charge >= 0.3 is 0 Å². The molecule has 0 spiro atoms. The summed E-state index contributed by atoms with van der Waals surface area (Å²) in [6, 6.07) is 0. The topological polar surface area (TPSA) is 20.2 Å². The molecule has 58 valence electrons. The van der Waals surface area contributed by atoms with E-state index in [-0.39, 0.29) is 6.10 Å². The van der Waals surface area contributed by atoms with Crippen LogP contribution < -0.4 is 0 Å². The maximum Gasteiger partial charge on any atom is 0.0580 e. The maximum atomic E-state index is 9.24. The lowest BCUT2D eigenvalue weighted by molar-refractivity contribution is 0.165. The van der Waals surface area contributed by atoms with Gasteiger partial charge in [0, 0.05) is 0 Å². The lowest BCUT2D eigenvalue weighted by atomic mass is 10.1. The highest BCUT2D eigenvalue weighted by molar-refractivity contribution is 5.11. The summed E-state index contributed by atoms with van der Waals surface area (Å²) in [6.07, 6.45) is 4.00. The van der Waals surface area contributed by atoms with Gasteiger partial charge in [-0.1, -0.05) is 38.2 Å². The molecule has 0 radical (unpaired) electrons. The van der Waals surface area contributed by atoms with Crippen molar-refractivity contribution in [1.82, 2.24) is 0 Å². The molecule has 1 nitrogen and oxygen atoms in total. The summed E-state index contributed by atoms with van der Waals surface area (Å²) >= 11 is 0. The van der Waals surface area contributed by atoms with Crippen molar-refractivity contribution in [3.05, 3.63) is 24.8 Å². The summed E-state index contributed by atoms with van der Waals surface area (Å²) in [4.78, 5) is 0. The van der Waals surface area contributed by atoms with Gasteiger partial charge in [0.25, 0.3) is 0 Å². The minimum absolute atomic E-state index is 0.226. The fourth-order valence-corrected chi connectivity index (χ4v) is 0.821. The zero-order valence-corrected chi connectivity index (χ0v) is 6.64. The molecular formula is C9H16O. The molecule has 0 aliphatic carbocycles. The van der Waals surface area contributed by atoms with Crippen molar-refractivity contribution in [3.63, 3.8) is 0 Å². The molecule has 0 amide bonds. The standard InChI is InChI=1S/C9H16O/c1-4-6-9(10)7-8(3)5-2/h5,9-10H,2-4,6-7H2,1H3. The van der Waals surface area contributed by atoms with Crippen LogP contribution in [0.5, 0.6) is 0 Å². The second-order valence-corrected chi connectivity index (χ2v) is 2.51. The molecular weight excluding hydrogens is 124 g/mol. The third-order valence-corrected chi connectivity index (χ3v) is 1.41. The first-order valence-corrected chi connectivity index (χ1v) is 3.69. The van der Waals surface area contributed by atoms with Crippen LogP contribution >= 0.6 is 0 Å². The molecule has 1 heteroatoms. The second kappa shape index (κ2) is 5.24. The number of aliphatic hydroxyl groups is 1. The molecule has 1 N–H and O–H groups in total. The molecule has 0 aliphatic heterocycles. The number of allylic oxidation sites excluding steroid dienone is 1. The molecule has 1 unspecified atom stereocenters. The quantitative estimate of drug-likeness (QED) is 0.581. The van der Waals surface area contributed by atoms with Gasteiger partial charge in [-0.2, -0.15) is 0 Å². The monoisotopic (exact) mass is 140 g/mol. The van der Waals surface area contributed by atoms with Crippen molar-refractivity contribution >= 4 is 0 Å². The van der Waals surface area contributed by atoms with Gasteiger partial charge in [0.15, 0.2) is 0 Å². The minimum Gasteiger partial charge on any atom is -0.393 e. The van der Waals surface area contributed by atoms with Gasteiger partial charge in [-0.15, -0.1) is 0 Å². The molecule has 0 saturated carbocycles. The Labute approximate surface area is 63.1 Å². The zero-order valence-electron chi connectivity index (χ0n) is 6.64. The Morgan fingerprint density at radius 2 is 2.30 bits per heavy atom. The van der Waals surface area contributed by atoms with Crippen LogP contribution in [-0.2, 0) is 0 Å². The van der Waals surface area contributed by atoms with Crippen molar-refractivity contribution in [3.8, 4) is 0 Å². The van der Waals surface area contributed by atoms with E-state index in [0.29, 0.717) is 6.42 Å². The van der Waals surface area contributed by atoms with E-state index < -0.39 is 0 Å². The largest absolute Gasteiger partial charge is 0.393 e. The molecule has 0 aromatic heterocycles. The first-order chi connectivity index (χ1) is 4.70. The van der Waals surface area contributed by atoms with Crippen molar-refractivity contribution < 1.29 is 5.11 Å². The Bertz CT molecular complexity index is 116. The maximum absolute atomic E-state index is 9.24. The summed E-state index contributed by atoms with van der Waals surface area (Å²) in [7, 11) is 0. The summed E-state index contributed by atoms with van der Waals surface area (Å²) in [5.41, 5.74) is 0.918. The average molecular weight is 140 g/mol. The molecule has 0 fully saturated rings. The molecule has 10 heavy (non-hydrogen) atoms. The fourth-order valence-electron chi connectivity index (χ4n) is 0.821. The van der Waals surface area contributed by atoms with E-state index in [9.17, 15) is 5.11 Å². The molecule has 0 aromatic carbocycles. The minimum atomic E-state index is -0.226. The van der Waals surface area contributed by atoms with E-state index >= 15 is 0 Å². The fraction of sp³-hybridized carbons (Fsp3) is 0.556. The predicted octanol–water partition coefficient (Wildman–Crippen LogP) is 2.28. The van der Waals surface area contributed by atoms with E-state index in [1.54, 1.807) is 6.08 Å². The summed E-state index contributed by atoms with van der Waals surface area (Å²) < 4.78 is 0. The van der Waals surface area contributed by atoms with Gasteiger partial charge in [-0.25, -0.2) is 0 Å². The Hall–Kier alpha value is -0.560. The van der Waals surface area contributed by atoms with Crippen LogP contribution in [0.1, 0.15) is 26.2 Å². The van der Waals surface area contributed by atoms with E-state index in [1.165, 1.54) is 0 Å². The molecule has 0 heterocycles. The van der Waals surface area contributed by atoms with Crippen LogP contribution in [0.4, 0.5) is 0 Å². The highest BCUT2D eigenvalue weighted by Gasteiger charge is 2.01. The van der Waals surface area contributed by atoms with Gasteiger partial charge in [0.1, 0.15) is 0 Å². The predicted molar refractivity (Wildman–Crippen MR) is 44.9 cm³/mol.